The molecule has 0 unspecified atom stereocenters. The summed E-state index contributed by atoms with van der Waals surface area (Å²) in [5.41, 5.74) is 0.335. The highest BCUT2D eigenvalue weighted by Crippen LogP contribution is 2.34. The lowest BCUT2D eigenvalue weighted by atomic mass is 10.3. The molecule has 1 aromatic carbocycles. The molecule has 1 amide bonds. The van der Waals surface area contributed by atoms with Crippen LogP contribution >= 0.6 is 23.1 Å². The number of oxazole rings is 1. The monoisotopic (exact) mass is 460 g/mol. The van der Waals surface area contributed by atoms with Crippen molar-refractivity contribution in [3.8, 4) is 17.5 Å². The van der Waals surface area contributed by atoms with Crippen molar-refractivity contribution in [3.63, 3.8) is 0 Å². The van der Waals surface area contributed by atoms with Gasteiger partial charge < -0.3 is 13.9 Å². The molecule has 30 heavy (non-hydrogen) atoms. The van der Waals surface area contributed by atoms with E-state index in [0.29, 0.717) is 10.8 Å². The number of ether oxygens (including phenoxy) is 2. The van der Waals surface area contributed by atoms with Crippen LogP contribution in [0.1, 0.15) is 16.2 Å². The standard InChI is InChI=1S/C15H8ClF3N6O4S/c1-6-10(11(26)22-13-20-5-21-30-13)28-14-23-12(24-25(6)14)27-7-2-3-9(8(16)4-7)29-15(17,18)19/h2-5H,1H3,(H,20,21,22,26). The van der Waals surface area contributed by atoms with Crippen LogP contribution in [0.3, 0.4) is 0 Å². The number of amides is 1. The van der Waals surface area contributed by atoms with Crippen LogP contribution in [-0.4, -0.2) is 36.2 Å². The van der Waals surface area contributed by atoms with Crippen molar-refractivity contribution in [1.82, 2.24) is 24.0 Å². The number of nitrogens with one attached hydrogen (secondary N) is 1. The Labute approximate surface area is 173 Å². The molecule has 0 aliphatic rings. The van der Waals surface area contributed by atoms with E-state index in [1.165, 1.54) is 16.9 Å². The molecule has 10 nitrogen and oxygen atoms in total. The number of fused-ring (bicyclic) bond motifs is 1. The molecule has 3 heterocycles. The highest BCUT2D eigenvalue weighted by atomic mass is 35.5. The van der Waals surface area contributed by atoms with Gasteiger partial charge in [0.15, 0.2) is 0 Å². The zero-order valence-electron chi connectivity index (χ0n) is 14.6. The van der Waals surface area contributed by atoms with Crippen LogP contribution in [0, 0.1) is 6.92 Å². The van der Waals surface area contributed by atoms with E-state index in [0.717, 1.165) is 23.7 Å². The fourth-order valence-corrected chi connectivity index (χ4v) is 2.96. The predicted molar refractivity (Wildman–Crippen MR) is 96.1 cm³/mol. The summed E-state index contributed by atoms with van der Waals surface area (Å²) in [6, 6.07) is 3.13. The molecular weight excluding hydrogens is 453 g/mol. The van der Waals surface area contributed by atoms with E-state index in [4.69, 9.17) is 20.8 Å². The topological polar surface area (TPSA) is 117 Å². The van der Waals surface area contributed by atoms with E-state index < -0.39 is 18.0 Å². The molecule has 0 radical (unpaired) electrons. The van der Waals surface area contributed by atoms with Gasteiger partial charge in [0.2, 0.25) is 10.9 Å². The van der Waals surface area contributed by atoms with Gasteiger partial charge in [-0.3, -0.25) is 10.1 Å². The van der Waals surface area contributed by atoms with Crippen molar-refractivity contribution in [1.29, 1.82) is 0 Å². The first-order valence-corrected chi connectivity index (χ1v) is 9.02. The van der Waals surface area contributed by atoms with Crippen molar-refractivity contribution in [2.45, 2.75) is 13.3 Å². The van der Waals surface area contributed by atoms with E-state index in [1.807, 2.05) is 0 Å². The lowest BCUT2D eigenvalue weighted by molar-refractivity contribution is -0.274. The molecule has 156 valence electrons. The van der Waals surface area contributed by atoms with Gasteiger partial charge in [0, 0.05) is 17.6 Å². The van der Waals surface area contributed by atoms with Crippen LogP contribution < -0.4 is 14.8 Å². The predicted octanol–water partition coefficient (Wildman–Crippen LogP) is 4.08. The number of rotatable bonds is 5. The average molecular weight is 461 g/mol. The third-order valence-corrected chi connectivity index (χ3v) is 4.40. The summed E-state index contributed by atoms with van der Waals surface area (Å²) < 4.78 is 56.5. The minimum absolute atomic E-state index is 0.0342. The summed E-state index contributed by atoms with van der Waals surface area (Å²) in [6.45, 7) is 1.57. The van der Waals surface area contributed by atoms with Crippen molar-refractivity contribution in [2.75, 3.05) is 5.32 Å². The second-order valence-corrected chi connectivity index (χ2v) is 6.74. The van der Waals surface area contributed by atoms with Gasteiger partial charge in [-0.15, -0.1) is 23.3 Å². The largest absolute Gasteiger partial charge is 0.573 e. The number of halogens is 4. The minimum atomic E-state index is -4.88. The number of carbonyl (C=O) groups excluding carboxylic acids is 1. The Kier molecular flexibility index (Phi) is 4.95. The summed E-state index contributed by atoms with van der Waals surface area (Å²) in [5, 5.41) is 6.54. The molecule has 0 saturated heterocycles. The Morgan fingerprint density at radius 3 is 2.80 bits per heavy atom. The molecule has 0 atom stereocenters. The van der Waals surface area contributed by atoms with Crippen LogP contribution in [0.15, 0.2) is 28.9 Å². The first-order chi connectivity index (χ1) is 14.2. The molecule has 15 heteroatoms. The Morgan fingerprint density at radius 1 is 1.37 bits per heavy atom. The fraction of sp³-hybridized carbons (Fsp3) is 0.133. The minimum Gasteiger partial charge on any atom is -0.423 e. The number of carbonyl (C=O) groups is 1. The van der Waals surface area contributed by atoms with E-state index in [-0.39, 0.29) is 28.4 Å². The van der Waals surface area contributed by atoms with Crippen molar-refractivity contribution < 1.29 is 31.9 Å². The summed E-state index contributed by atoms with van der Waals surface area (Å²) in [6.07, 6.45) is -3.58. The molecule has 4 aromatic rings. The summed E-state index contributed by atoms with van der Waals surface area (Å²) in [5.74, 6) is -1.15. The Hall–Kier alpha value is -3.39. The highest BCUT2D eigenvalue weighted by molar-refractivity contribution is 7.09. The lowest BCUT2D eigenvalue weighted by Gasteiger charge is -2.10. The van der Waals surface area contributed by atoms with Crippen LogP contribution in [0.4, 0.5) is 18.3 Å². The number of aryl methyl sites for hydroxylation is 1. The quantitative estimate of drug-likeness (QED) is 0.473. The molecular formula is C15H8ClF3N6O4S. The average Bonchev–Trinajstić information content (AvgIpc) is 3.35. The van der Waals surface area contributed by atoms with Crippen LogP contribution in [0.2, 0.25) is 5.02 Å². The number of benzene rings is 1. The number of hydrogen-bond acceptors (Lipinski definition) is 9. The van der Waals surface area contributed by atoms with Crippen molar-refractivity contribution >= 4 is 40.0 Å². The van der Waals surface area contributed by atoms with Crippen molar-refractivity contribution in [3.05, 3.63) is 41.0 Å². The van der Waals surface area contributed by atoms with Crippen LogP contribution in [0.5, 0.6) is 17.5 Å². The third kappa shape index (κ3) is 4.13. The Bertz CT molecular complexity index is 1220. The highest BCUT2D eigenvalue weighted by Gasteiger charge is 2.32. The van der Waals surface area contributed by atoms with Crippen LogP contribution in [0.25, 0.3) is 5.84 Å². The normalized spacial score (nSPS) is 11.6. The maximum atomic E-state index is 12.3. The van der Waals surface area contributed by atoms with E-state index >= 15 is 0 Å². The zero-order chi connectivity index (χ0) is 21.5. The second-order valence-electron chi connectivity index (χ2n) is 5.55. The molecule has 0 spiro atoms. The Balaban J connectivity index is 1.52. The maximum absolute atomic E-state index is 12.3. The van der Waals surface area contributed by atoms with Gasteiger partial charge >= 0.3 is 18.2 Å². The fourth-order valence-electron chi connectivity index (χ4n) is 2.32. The van der Waals surface area contributed by atoms with Gasteiger partial charge in [0.25, 0.3) is 5.91 Å². The summed E-state index contributed by atoms with van der Waals surface area (Å²) >= 11 is 6.77. The van der Waals surface area contributed by atoms with Gasteiger partial charge in [-0.25, -0.2) is 4.98 Å². The smallest absolute Gasteiger partial charge is 0.423 e. The maximum Gasteiger partial charge on any atom is 0.573 e. The van der Waals surface area contributed by atoms with Crippen molar-refractivity contribution in [2.24, 2.45) is 0 Å². The van der Waals surface area contributed by atoms with E-state index in [1.54, 1.807) is 6.92 Å². The molecule has 0 aliphatic heterocycles. The first-order valence-electron chi connectivity index (χ1n) is 7.87. The molecule has 3 aromatic heterocycles. The van der Waals surface area contributed by atoms with Gasteiger partial charge in [0.1, 0.15) is 17.8 Å². The third-order valence-electron chi connectivity index (χ3n) is 3.52. The number of aromatic nitrogens is 5. The zero-order valence-corrected chi connectivity index (χ0v) is 16.2. The van der Waals surface area contributed by atoms with Gasteiger partial charge in [0.05, 0.1) is 10.7 Å². The molecule has 4 rings (SSSR count). The number of alkyl halides is 3. The first kappa shape index (κ1) is 19.9. The second kappa shape index (κ2) is 7.46. The van der Waals surface area contributed by atoms with E-state index in [2.05, 4.69) is 29.5 Å². The molecule has 0 saturated carbocycles. The molecule has 1 N–H and O–H groups in total. The van der Waals surface area contributed by atoms with Gasteiger partial charge in [-0.05, 0) is 19.1 Å². The SMILES string of the molecule is Cc1c(C(=O)Nc2ncns2)oc2nc(Oc3ccc(OC(F)(F)F)c(Cl)c3)nn12. The Morgan fingerprint density at radius 2 is 2.17 bits per heavy atom. The molecule has 0 bridgehead atoms. The van der Waals surface area contributed by atoms with Gasteiger partial charge in [-0.1, -0.05) is 11.6 Å². The van der Waals surface area contributed by atoms with Crippen LogP contribution in [-0.2, 0) is 0 Å². The molecule has 0 fully saturated rings. The number of nitrogens with zero attached hydrogens (tertiary/aromatic N) is 5. The van der Waals surface area contributed by atoms with Gasteiger partial charge in [-0.2, -0.15) is 8.89 Å². The lowest BCUT2D eigenvalue weighted by Crippen LogP contribution is -2.17. The number of anilines is 1. The van der Waals surface area contributed by atoms with E-state index in [9.17, 15) is 18.0 Å². The molecule has 0 aliphatic carbocycles. The summed E-state index contributed by atoms with van der Waals surface area (Å²) in [4.78, 5) is 20.1. The number of hydrogen-bond donors (Lipinski definition) is 1. The summed E-state index contributed by atoms with van der Waals surface area (Å²) in [7, 11) is 0.